The lowest BCUT2D eigenvalue weighted by molar-refractivity contribution is 0.0955. The van der Waals surface area contributed by atoms with Gasteiger partial charge in [0.1, 0.15) is 11.6 Å². The number of carbonyl (C=O) groups excluding carboxylic acids is 1. The lowest BCUT2D eigenvalue weighted by atomic mass is 10.1. The number of nitrogens with one attached hydrogen (secondary N) is 2. The van der Waals surface area contributed by atoms with Gasteiger partial charge >= 0.3 is 0 Å². The molecule has 118 valence electrons. The Morgan fingerprint density at radius 3 is 2.86 bits per heavy atom. The zero-order valence-electron chi connectivity index (χ0n) is 12.6. The average molecular weight is 303 g/mol. The number of carbonyl (C=O) groups is 1. The molecule has 3 N–H and O–H groups in total. The van der Waals surface area contributed by atoms with Crippen LogP contribution in [0.25, 0.3) is 0 Å². The molecule has 0 radical (unpaired) electrons. The van der Waals surface area contributed by atoms with Crippen LogP contribution in [-0.2, 0) is 6.42 Å². The van der Waals surface area contributed by atoms with Gasteiger partial charge in [0, 0.05) is 38.2 Å². The minimum atomic E-state index is -0.132. The largest absolute Gasteiger partial charge is 0.469 e. The summed E-state index contributed by atoms with van der Waals surface area (Å²) in [4.78, 5) is 15.8. The fraction of sp³-hybridized carbons (Fsp3) is 0.375. The molecular weight excluding hydrogens is 282 g/mol. The summed E-state index contributed by atoms with van der Waals surface area (Å²) in [6.07, 6.45) is 3.82. The lowest BCUT2D eigenvalue weighted by Gasteiger charge is -2.14. The number of anilines is 1. The Morgan fingerprint density at radius 2 is 2.27 bits per heavy atom. The fourth-order valence-electron chi connectivity index (χ4n) is 2.06. The molecule has 0 aliphatic rings. The second-order valence-corrected chi connectivity index (χ2v) is 5.00. The van der Waals surface area contributed by atoms with Gasteiger partial charge in [-0.05, 0) is 31.2 Å². The van der Waals surface area contributed by atoms with E-state index in [2.05, 4.69) is 15.6 Å². The molecule has 2 aromatic rings. The number of aliphatic hydroxyl groups excluding tert-OH is 1. The molecule has 2 aromatic heterocycles. The summed E-state index contributed by atoms with van der Waals surface area (Å²) in [5.41, 5.74) is 0.529. The van der Waals surface area contributed by atoms with Gasteiger partial charge in [0.25, 0.3) is 5.91 Å². The van der Waals surface area contributed by atoms with Crippen LogP contribution in [0, 0.1) is 5.92 Å². The summed E-state index contributed by atoms with van der Waals surface area (Å²) in [6.45, 7) is 3.09. The third-order valence-electron chi connectivity index (χ3n) is 3.26. The normalized spacial score (nSPS) is 11.9. The molecule has 1 atom stereocenters. The number of amides is 1. The quantitative estimate of drug-likeness (QED) is 0.691. The Kier molecular flexibility index (Phi) is 5.97. The first kappa shape index (κ1) is 16.0. The molecule has 6 heteroatoms. The van der Waals surface area contributed by atoms with Gasteiger partial charge in [-0.2, -0.15) is 0 Å². The first-order valence-electron chi connectivity index (χ1n) is 7.34. The van der Waals surface area contributed by atoms with Gasteiger partial charge in [-0.25, -0.2) is 4.98 Å². The van der Waals surface area contributed by atoms with Crippen molar-refractivity contribution < 1.29 is 14.3 Å². The molecule has 0 spiro atoms. The highest BCUT2D eigenvalue weighted by Gasteiger charge is 2.11. The van der Waals surface area contributed by atoms with E-state index in [1.165, 1.54) is 6.20 Å². The maximum Gasteiger partial charge on any atom is 0.252 e. The number of hydrogen-bond acceptors (Lipinski definition) is 5. The van der Waals surface area contributed by atoms with E-state index in [0.717, 1.165) is 5.76 Å². The molecule has 0 saturated carbocycles. The highest BCUT2D eigenvalue weighted by Crippen LogP contribution is 2.11. The maximum absolute atomic E-state index is 11.6. The summed E-state index contributed by atoms with van der Waals surface area (Å²) in [7, 11) is 0. The van der Waals surface area contributed by atoms with Crippen LogP contribution in [0.4, 0.5) is 5.82 Å². The zero-order valence-corrected chi connectivity index (χ0v) is 12.6. The second-order valence-electron chi connectivity index (χ2n) is 5.00. The van der Waals surface area contributed by atoms with Gasteiger partial charge < -0.3 is 20.2 Å². The van der Waals surface area contributed by atoms with E-state index < -0.39 is 0 Å². The van der Waals surface area contributed by atoms with Crippen molar-refractivity contribution in [2.75, 3.05) is 25.0 Å². The number of aromatic nitrogens is 1. The molecule has 0 saturated heterocycles. The smallest absolute Gasteiger partial charge is 0.252 e. The Balaban J connectivity index is 1.86. The highest BCUT2D eigenvalue weighted by molar-refractivity contribution is 5.93. The molecule has 0 fully saturated rings. The molecule has 0 aromatic carbocycles. The van der Waals surface area contributed by atoms with Crippen molar-refractivity contribution in [2.45, 2.75) is 13.3 Å². The molecule has 0 aliphatic heterocycles. The first-order chi connectivity index (χ1) is 10.7. The summed E-state index contributed by atoms with van der Waals surface area (Å²) in [5.74, 6) is 1.43. The van der Waals surface area contributed by atoms with Crippen molar-refractivity contribution in [3.05, 3.63) is 48.0 Å². The van der Waals surface area contributed by atoms with Crippen LogP contribution in [0.2, 0.25) is 0 Å². The van der Waals surface area contributed by atoms with Gasteiger partial charge in [-0.3, -0.25) is 4.79 Å². The van der Waals surface area contributed by atoms with Crippen LogP contribution < -0.4 is 10.6 Å². The van der Waals surface area contributed by atoms with Gasteiger partial charge in [0.15, 0.2) is 0 Å². The van der Waals surface area contributed by atoms with E-state index in [4.69, 9.17) is 4.42 Å². The van der Waals surface area contributed by atoms with Crippen molar-refractivity contribution in [2.24, 2.45) is 5.92 Å². The maximum atomic E-state index is 11.6. The van der Waals surface area contributed by atoms with Crippen LogP contribution in [0.3, 0.4) is 0 Å². The van der Waals surface area contributed by atoms with Crippen molar-refractivity contribution in [3.63, 3.8) is 0 Å². The monoisotopic (exact) mass is 303 g/mol. The summed E-state index contributed by atoms with van der Waals surface area (Å²) < 4.78 is 5.28. The number of pyridine rings is 1. The van der Waals surface area contributed by atoms with E-state index in [1.807, 2.05) is 19.1 Å². The molecule has 1 unspecified atom stereocenters. The van der Waals surface area contributed by atoms with E-state index in [0.29, 0.717) is 30.9 Å². The summed E-state index contributed by atoms with van der Waals surface area (Å²) in [6, 6.07) is 7.20. The van der Waals surface area contributed by atoms with Gasteiger partial charge in [-0.15, -0.1) is 0 Å². The third kappa shape index (κ3) is 4.60. The molecule has 22 heavy (non-hydrogen) atoms. The summed E-state index contributed by atoms with van der Waals surface area (Å²) >= 11 is 0. The summed E-state index contributed by atoms with van der Waals surface area (Å²) in [5, 5.41) is 15.3. The number of nitrogens with zero attached hydrogens (tertiary/aromatic N) is 1. The highest BCUT2D eigenvalue weighted by atomic mass is 16.3. The number of furan rings is 1. The van der Waals surface area contributed by atoms with Gasteiger partial charge in [-0.1, -0.05) is 0 Å². The van der Waals surface area contributed by atoms with Crippen LogP contribution in [0.15, 0.2) is 41.1 Å². The zero-order chi connectivity index (χ0) is 15.8. The van der Waals surface area contributed by atoms with Crippen LogP contribution in [-0.4, -0.2) is 35.7 Å². The minimum absolute atomic E-state index is 0.0380. The topological polar surface area (TPSA) is 87.4 Å². The van der Waals surface area contributed by atoms with E-state index in [-0.39, 0.29) is 18.4 Å². The fourth-order valence-corrected chi connectivity index (χ4v) is 2.06. The Labute approximate surface area is 129 Å². The molecular formula is C16H21N3O3. The lowest BCUT2D eigenvalue weighted by Crippen LogP contribution is -2.23. The van der Waals surface area contributed by atoms with Crippen LogP contribution in [0.5, 0.6) is 0 Å². The van der Waals surface area contributed by atoms with Crippen molar-refractivity contribution >= 4 is 11.7 Å². The Bertz CT molecular complexity index is 567. The molecule has 6 nitrogen and oxygen atoms in total. The number of rotatable bonds is 8. The standard InChI is InChI=1S/C16H21N3O3/c1-2-17-16(21)13-5-6-15(19-10-13)18-9-12(11-20)8-14-4-3-7-22-14/h3-7,10,12,20H,2,8-9,11H2,1H3,(H,17,21)(H,18,19). The van der Waals surface area contributed by atoms with Crippen molar-refractivity contribution in [1.82, 2.24) is 10.3 Å². The predicted octanol–water partition coefficient (Wildman–Crippen LogP) is 1.69. The number of hydrogen-bond donors (Lipinski definition) is 3. The molecule has 1 amide bonds. The van der Waals surface area contributed by atoms with E-state index >= 15 is 0 Å². The Hall–Kier alpha value is -2.34. The van der Waals surface area contributed by atoms with Gasteiger partial charge in [0.2, 0.25) is 0 Å². The third-order valence-corrected chi connectivity index (χ3v) is 3.26. The predicted molar refractivity (Wildman–Crippen MR) is 83.7 cm³/mol. The molecule has 0 bridgehead atoms. The van der Waals surface area contributed by atoms with Gasteiger partial charge in [0.05, 0.1) is 11.8 Å². The molecule has 2 rings (SSSR count). The van der Waals surface area contributed by atoms with Crippen LogP contribution in [0.1, 0.15) is 23.0 Å². The average Bonchev–Trinajstić information content (AvgIpc) is 3.05. The number of aliphatic hydroxyl groups is 1. The minimum Gasteiger partial charge on any atom is -0.469 e. The van der Waals surface area contributed by atoms with Crippen molar-refractivity contribution in [3.8, 4) is 0 Å². The Morgan fingerprint density at radius 1 is 1.41 bits per heavy atom. The molecule has 2 heterocycles. The SMILES string of the molecule is CCNC(=O)c1ccc(NCC(CO)Cc2ccco2)nc1. The van der Waals surface area contributed by atoms with E-state index in [9.17, 15) is 9.90 Å². The van der Waals surface area contributed by atoms with Crippen molar-refractivity contribution in [1.29, 1.82) is 0 Å². The van der Waals surface area contributed by atoms with E-state index in [1.54, 1.807) is 18.4 Å². The second kappa shape index (κ2) is 8.19. The first-order valence-corrected chi connectivity index (χ1v) is 7.34. The van der Waals surface area contributed by atoms with Crippen LogP contribution >= 0.6 is 0 Å². The molecule has 0 aliphatic carbocycles.